The predicted molar refractivity (Wildman–Crippen MR) is 52.4 cm³/mol. The van der Waals surface area contributed by atoms with Gasteiger partial charge in [-0.05, 0) is 0 Å². The van der Waals surface area contributed by atoms with Crippen LogP contribution in [0.1, 0.15) is 52.9 Å². The van der Waals surface area contributed by atoms with Crippen molar-refractivity contribution in [3.05, 3.63) is 0 Å². The minimum absolute atomic E-state index is 0.0392. The summed E-state index contributed by atoms with van der Waals surface area (Å²) in [5.41, 5.74) is 0.0392. The Morgan fingerprint density at radius 1 is 1.23 bits per heavy atom. The van der Waals surface area contributed by atoms with E-state index in [0.29, 0.717) is 0 Å². The number of ether oxygens (including phenoxy) is 1. The summed E-state index contributed by atoms with van der Waals surface area (Å²) in [6, 6.07) is 0. The molecule has 13 heavy (non-hydrogen) atoms. The summed E-state index contributed by atoms with van der Waals surface area (Å²) in [6.07, 6.45) is 6.86. The fourth-order valence-electron chi connectivity index (χ4n) is 2.26. The van der Waals surface area contributed by atoms with Crippen LogP contribution in [0.4, 0.5) is 0 Å². The SMILES string of the molecule is C[C](=[V])OC(C)(C)C1CCCCC1. The van der Waals surface area contributed by atoms with Gasteiger partial charge in [-0.25, -0.2) is 0 Å². The normalized spacial score (nSPS) is 20.2. The van der Waals surface area contributed by atoms with E-state index in [1.165, 1.54) is 32.1 Å². The van der Waals surface area contributed by atoms with Crippen LogP contribution in [-0.4, -0.2) is 10.0 Å². The molecule has 0 saturated heterocycles. The van der Waals surface area contributed by atoms with E-state index in [0.717, 1.165) is 10.3 Å². The Kier molecular flexibility index (Phi) is 4.22. The first-order valence-corrected chi connectivity index (χ1v) is 5.94. The van der Waals surface area contributed by atoms with Gasteiger partial charge >= 0.3 is 90.5 Å². The molecule has 0 spiro atoms. The average molecular weight is 219 g/mol. The van der Waals surface area contributed by atoms with Gasteiger partial charge in [0.25, 0.3) is 0 Å². The van der Waals surface area contributed by atoms with Gasteiger partial charge in [0.2, 0.25) is 0 Å². The molecule has 1 aliphatic rings. The quantitative estimate of drug-likeness (QED) is 0.708. The second-order valence-corrected chi connectivity index (χ2v) is 5.54. The van der Waals surface area contributed by atoms with Crippen molar-refractivity contribution in [2.24, 2.45) is 5.92 Å². The van der Waals surface area contributed by atoms with E-state index in [1.54, 1.807) is 0 Å². The topological polar surface area (TPSA) is 9.23 Å². The van der Waals surface area contributed by atoms with Crippen LogP contribution in [0.3, 0.4) is 0 Å². The van der Waals surface area contributed by atoms with Crippen LogP contribution < -0.4 is 0 Å². The van der Waals surface area contributed by atoms with Gasteiger partial charge in [0, 0.05) is 0 Å². The number of hydrogen-bond donors (Lipinski definition) is 0. The Balaban J connectivity index is 2.50. The van der Waals surface area contributed by atoms with Crippen LogP contribution in [0, 0.1) is 5.92 Å². The standard InChI is InChI=1S/C11H20O.V/c1-4-12-11(2,3)10-8-6-5-7-9-10;/h10H,5-9H2,1-3H3;. The molecule has 0 heterocycles. The summed E-state index contributed by atoms with van der Waals surface area (Å²) in [4.78, 5) is 0. The van der Waals surface area contributed by atoms with Crippen LogP contribution in [0.15, 0.2) is 0 Å². The zero-order chi connectivity index (χ0) is 9.90. The second-order valence-electron chi connectivity index (χ2n) is 4.56. The molecular weight excluding hydrogens is 199 g/mol. The molecule has 1 nitrogen and oxygen atoms in total. The van der Waals surface area contributed by atoms with Crippen LogP contribution in [0.25, 0.3) is 0 Å². The molecule has 1 aliphatic carbocycles. The fourth-order valence-corrected chi connectivity index (χ4v) is 2.63. The molecule has 0 bridgehead atoms. The molecule has 0 aliphatic heterocycles. The van der Waals surface area contributed by atoms with Gasteiger partial charge in [0.15, 0.2) is 0 Å². The molecule has 0 N–H and O–H groups in total. The minimum atomic E-state index is 0.0392. The molecule has 0 atom stereocenters. The van der Waals surface area contributed by atoms with Crippen LogP contribution in [-0.2, 0) is 21.7 Å². The fraction of sp³-hybridized carbons (Fsp3) is 0.909. The first kappa shape index (κ1) is 11.5. The molecule has 2 heteroatoms. The molecule has 1 rings (SSSR count). The van der Waals surface area contributed by atoms with Crippen LogP contribution in [0.5, 0.6) is 0 Å². The van der Waals surface area contributed by atoms with E-state index in [9.17, 15) is 0 Å². The molecule has 0 radical (unpaired) electrons. The van der Waals surface area contributed by atoms with Gasteiger partial charge in [0.1, 0.15) is 0 Å². The Morgan fingerprint density at radius 2 is 1.77 bits per heavy atom. The predicted octanol–water partition coefficient (Wildman–Crippen LogP) is 3.06. The summed E-state index contributed by atoms with van der Waals surface area (Å²) >= 11 is 2.49. The van der Waals surface area contributed by atoms with Gasteiger partial charge in [0.05, 0.1) is 0 Å². The van der Waals surface area contributed by atoms with Crippen molar-refractivity contribution in [2.45, 2.75) is 58.5 Å². The van der Waals surface area contributed by atoms with Crippen molar-refractivity contribution in [2.75, 3.05) is 0 Å². The zero-order valence-electron chi connectivity index (χ0n) is 8.97. The third-order valence-corrected chi connectivity index (χ3v) is 3.14. The number of hydrogen-bond acceptors (Lipinski definition) is 1. The zero-order valence-corrected chi connectivity index (χ0v) is 10.4. The molecule has 1 fully saturated rings. The molecule has 0 aromatic heterocycles. The summed E-state index contributed by atoms with van der Waals surface area (Å²) in [5.74, 6) is 0.750. The molecule has 0 aromatic carbocycles. The van der Waals surface area contributed by atoms with E-state index >= 15 is 0 Å². The van der Waals surface area contributed by atoms with Crippen molar-refractivity contribution in [1.82, 2.24) is 0 Å². The summed E-state index contributed by atoms with van der Waals surface area (Å²) < 4.78 is 6.90. The van der Waals surface area contributed by atoms with Crippen molar-refractivity contribution in [3.8, 4) is 0 Å². The maximum atomic E-state index is 5.87. The van der Waals surface area contributed by atoms with E-state index < -0.39 is 0 Å². The average Bonchev–Trinajstić information content (AvgIpc) is 2.04. The first-order valence-electron chi connectivity index (χ1n) is 5.24. The molecular formula is C11H20OV. The van der Waals surface area contributed by atoms with Crippen molar-refractivity contribution >= 4 is 4.41 Å². The summed E-state index contributed by atoms with van der Waals surface area (Å²) in [5, 5.41) is 0. The number of rotatable bonds is 3. The first-order chi connectivity index (χ1) is 6.02. The molecule has 1 saturated carbocycles. The van der Waals surface area contributed by atoms with Crippen molar-refractivity contribution < 1.29 is 21.7 Å². The monoisotopic (exact) mass is 219 g/mol. The van der Waals surface area contributed by atoms with Gasteiger partial charge in [-0.1, -0.05) is 0 Å². The van der Waals surface area contributed by atoms with E-state index in [-0.39, 0.29) is 5.60 Å². The van der Waals surface area contributed by atoms with Crippen LogP contribution >= 0.6 is 0 Å². The Morgan fingerprint density at radius 3 is 2.23 bits per heavy atom. The Bertz CT molecular complexity index is 181. The maximum absolute atomic E-state index is 5.87. The summed E-state index contributed by atoms with van der Waals surface area (Å²) in [7, 11) is 0. The summed E-state index contributed by atoms with van der Waals surface area (Å²) in [6.45, 7) is 6.46. The van der Waals surface area contributed by atoms with Gasteiger partial charge in [-0.2, -0.15) is 0 Å². The Labute approximate surface area is 90.7 Å². The van der Waals surface area contributed by atoms with Gasteiger partial charge in [-0.15, -0.1) is 0 Å². The molecule has 0 unspecified atom stereocenters. The van der Waals surface area contributed by atoms with Crippen LogP contribution in [0.2, 0.25) is 0 Å². The molecule has 75 valence electrons. The second kappa shape index (κ2) is 4.77. The third kappa shape index (κ3) is 3.57. The van der Waals surface area contributed by atoms with Gasteiger partial charge < -0.3 is 0 Å². The molecule has 0 amide bonds. The van der Waals surface area contributed by atoms with Crippen molar-refractivity contribution in [1.29, 1.82) is 0 Å². The van der Waals surface area contributed by atoms with Gasteiger partial charge in [-0.3, -0.25) is 0 Å². The third-order valence-electron chi connectivity index (χ3n) is 3.00. The van der Waals surface area contributed by atoms with E-state index in [1.807, 2.05) is 6.92 Å². The van der Waals surface area contributed by atoms with E-state index in [2.05, 4.69) is 30.8 Å². The van der Waals surface area contributed by atoms with E-state index in [4.69, 9.17) is 4.74 Å². The Hall–Kier alpha value is 0.414. The van der Waals surface area contributed by atoms with Crippen molar-refractivity contribution in [3.63, 3.8) is 0 Å². The molecule has 0 aromatic rings.